The summed E-state index contributed by atoms with van der Waals surface area (Å²) in [4.78, 5) is 20.0. The smallest absolute Gasteiger partial charge is 0.260 e. The lowest BCUT2D eigenvalue weighted by molar-refractivity contribution is 0.0983. The van der Waals surface area contributed by atoms with Gasteiger partial charge in [0, 0.05) is 5.56 Å². The number of benzene rings is 3. The third-order valence-electron chi connectivity index (χ3n) is 5.30. The molecule has 0 radical (unpaired) electrons. The van der Waals surface area contributed by atoms with Crippen molar-refractivity contribution < 1.29 is 13.9 Å². The van der Waals surface area contributed by atoms with Crippen molar-refractivity contribution in [3.05, 3.63) is 108 Å². The number of carbonyl (C=O) groups is 1. The summed E-state index contributed by atoms with van der Waals surface area (Å²) >= 11 is 1.51. The minimum Gasteiger partial charge on any atom is -0.467 e. The highest BCUT2D eigenvalue weighted by molar-refractivity contribution is 7.22. The summed E-state index contributed by atoms with van der Waals surface area (Å²) in [5, 5.41) is 0.643. The number of anilines is 1. The number of hydrogen-bond acceptors (Lipinski definition) is 5. The molecule has 0 atom stereocenters. The van der Waals surface area contributed by atoms with Crippen LogP contribution in [0.15, 0.2) is 95.6 Å². The van der Waals surface area contributed by atoms with Crippen molar-refractivity contribution in [2.24, 2.45) is 0 Å². The van der Waals surface area contributed by atoms with Gasteiger partial charge in [-0.1, -0.05) is 42.5 Å². The molecule has 0 saturated carbocycles. The molecule has 0 saturated heterocycles. The number of rotatable bonds is 7. The third-order valence-corrected chi connectivity index (χ3v) is 6.34. The molecule has 3 aromatic carbocycles. The van der Waals surface area contributed by atoms with Crippen LogP contribution in [0.5, 0.6) is 11.5 Å². The van der Waals surface area contributed by atoms with Gasteiger partial charge in [0.25, 0.3) is 5.91 Å². The van der Waals surface area contributed by atoms with Crippen LogP contribution in [0.2, 0.25) is 0 Å². The highest BCUT2D eigenvalue weighted by Crippen LogP contribution is 2.32. The predicted octanol–water partition coefficient (Wildman–Crippen LogP) is 7.09. The van der Waals surface area contributed by atoms with Gasteiger partial charge in [0.05, 0.1) is 23.0 Å². The summed E-state index contributed by atoms with van der Waals surface area (Å²) in [5.41, 5.74) is 2.68. The van der Waals surface area contributed by atoms with Crippen LogP contribution in [0.4, 0.5) is 5.13 Å². The highest BCUT2D eigenvalue weighted by atomic mass is 32.1. The molecule has 0 aliphatic heterocycles. The molecule has 0 unspecified atom stereocenters. The average Bonchev–Trinajstić information content (AvgIpc) is 3.52. The van der Waals surface area contributed by atoms with Crippen LogP contribution in [0.1, 0.15) is 28.6 Å². The monoisotopic (exact) mass is 454 g/mol. The lowest BCUT2D eigenvalue weighted by Crippen LogP contribution is -2.30. The number of thiazole rings is 1. The molecule has 0 N–H and O–H groups in total. The molecule has 0 fully saturated rings. The summed E-state index contributed by atoms with van der Waals surface area (Å²) in [6.45, 7) is 2.43. The van der Waals surface area contributed by atoms with Crippen LogP contribution in [0.3, 0.4) is 0 Å². The van der Waals surface area contributed by atoms with Crippen LogP contribution >= 0.6 is 11.3 Å². The Hall–Kier alpha value is -3.90. The number of fused-ring (bicyclic) bond motifs is 1. The molecular formula is C27H22N2O3S. The van der Waals surface area contributed by atoms with E-state index in [9.17, 15) is 4.79 Å². The van der Waals surface area contributed by atoms with E-state index in [0.29, 0.717) is 28.7 Å². The molecule has 2 aromatic heterocycles. The number of carbonyl (C=O) groups excluding carboxylic acids is 1. The normalized spacial score (nSPS) is 10.9. The van der Waals surface area contributed by atoms with Gasteiger partial charge in [0.2, 0.25) is 0 Å². The summed E-state index contributed by atoms with van der Waals surface area (Å²) < 4.78 is 12.4. The summed E-state index contributed by atoms with van der Waals surface area (Å²) in [6.07, 6.45) is 2.56. The molecule has 5 nitrogen and oxygen atoms in total. The first kappa shape index (κ1) is 21.0. The molecule has 0 spiro atoms. The van der Waals surface area contributed by atoms with Gasteiger partial charge in [0.1, 0.15) is 17.3 Å². The van der Waals surface area contributed by atoms with Crippen molar-refractivity contribution in [2.75, 3.05) is 4.90 Å². The lowest BCUT2D eigenvalue weighted by atomic mass is 10.2. The zero-order chi connectivity index (χ0) is 22.6. The Morgan fingerprint density at radius 2 is 1.76 bits per heavy atom. The Morgan fingerprint density at radius 1 is 0.970 bits per heavy atom. The van der Waals surface area contributed by atoms with Crippen molar-refractivity contribution in [1.82, 2.24) is 4.98 Å². The van der Waals surface area contributed by atoms with Crippen LogP contribution < -0.4 is 9.64 Å². The lowest BCUT2D eigenvalue weighted by Gasteiger charge is -2.19. The number of ether oxygens (including phenoxy) is 1. The quantitative estimate of drug-likeness (QED) is 0.263. The van der Waals surface area contributed by atoms with Gasteiger partial charge in [-0.3, -0.25) is 9.69 Å². The molecule has 33 heavy (non-hydrogen) atoms. The maximum absolute atomic E-state index is 13.6. The van der Waals surface area contributed by atoms with E-state index in [1.54, 1.807) is 35.4 Å². The first-order chi connectivity index (χ1) is 16.2. The molecule has 5 aromatic rings. The van der Waals surface area contributed by atoms with Crippen LogP contribution in [0, 0.1) is 0 Å². The number of aryl methyl sites for hydroxylation is 1. The second-order valence-corrected chi connectivity index (χ2v) is 8.57. The van der Waals surface area contributed by atoms with E-state index in [-0.39, 0.29) is 5.91 Å². The molecule has 5 rings (SSSR count). The van der Waals surface area contributed by atoms with E-state index in [0.717, 1.165) is 22.4 Å². The first-order valence-corrected chi connectivity index (χ1v) is 11.6. The third kappa shape index (κ3) is 4.66. The Kier molecular flexibility index (Phi) is 5.91. The van der Waals surface area contributed by atoms with E-state index >= 15 is 0 Å². The zero-order valence-electron chi connectivity index (χ0n) is 18.1. The standard InChI is InChI=1S/C27H22N2O3S/c1-2-19-10-15-24-25(17-19)33-27(28-24)29(18-23-9-6-16-31-23)26(30)20-11-13-22(14-12-20)32-21-7-4-3-5-8-21/h3-17H,2,18H2,1H3. The van der Waals surface area contributed by atoms with E-state index < -0.39 is 0 Å². The number of furan rings is 1. The minimum atomic E-state index is -0.146. The summed E-state index contributed by atoms with van der Waals surface area (Å²) in [5.74, 6) is 1.97. The maximum atomic E-state index is 13.6. The van der Waals surface area contributed by atoms with Crippen molar-refractivity contribution in [3.8, 4) is 11.5 Å². The number of hydrogen-bond donors (Lipinski definition) is 0. The Bertz CT molecular complexity index is 1360. The molecule has 1 amide bonds. The number of aromatic nitrogens is 1. The van der Waals surface area contributed by atoms with Gasteiger partial charge in [-0.2, -0.15) is 0 Å². The second kappa shape index (κ2) is 9.30. The zero-order valence-corrected chi connectivity index (χ0v) is 18.9. The molecule has 0 aliphatic carbocycles. The molecule has 0 bridgehead atoms. The van der Waals surface area contributed by atoms with Gasteiger partial charge in [0.15, 0.2) is 5.13 Å². The van der Waals surface area contributed by atoms with E-state index in [1.165, 1.54) is 16.9 Å². The fourth-order valence-electron chi connectivity index (χ4n) is 3.52. The molecular weight excluding hydrogens is 432 g/mol. The van der Waals surface area contributed by atoms with Crippen LogP contribution in [0.25, 0.3) is 10.2 Å². The number of amides is 1. The summed E-state index contributed by atoms with van der Waals surface area (Å²) in [6, 6.07) is 26.6. The first-order valence-electron chi connectivity index (χ1n) is 10.8. The van der Waals surface area contributed by atoms with Crippen molar-refractivity contribution in [2.45, 2.75) is 19.9 Å². The van der Waals surface area contributed by atoms with Gasteiger partial charge >= 0.3 is 0 Å². The van der Waals surface area contributed by atoms with E-state index in [4.69, 9.17) is 14.1 Å². The van der Waals surface area contributed by atoms with Gasteiger partial charge in [-0.15, -0.1) is 0 Å². The van der Waals surface area contributed by atoms with Gasteiger partial charge in [-0.05, 0) is 72.6 Å². The largest absolute Gasteiger partial charge is 0.467 e. The maximum Gasteiger partial charge on any atom is 0.260 e. The SMILES string of the molecule is CCc1ccc2nc(N(Cc3ccco3)C(=O)c3ccc(Oc4ccccc4)cc3)sc2c1. The topological polar surface area (TPSA) is 55.6 Å². The predicted molar refractivity (Wildman–Crippen MR) is 131 cm³/mol. The fourth-order valence-corrected chi connectivity index (χ4v) is 4.55. The number of nitrogens with zero attached hydrogens (tertiary/aromatic N) is 2. The highest BCUT2D eigenvalue weighted by Gasteiger charge is 2.23. The van der Waals surface area contributed by atoms with Crippen molar-refractivity contribution in [3.63, 3.8) is 0 Å². The average molecular weight is 455 g/mol. The van der Waals surface area contributed by atoms with Crippen molar-refractivity contribution in [1.29, 1.82) is 0 Å². The number of para-hydroxylation sites is 1. The van der Waals surface area contributed by atoms with Gasteiger partial charge in [-0.25, -0.2) is 4.98 Å². The van der Waals surface area contributed by atoms with Crippen LogP contribution in [-0.4, -0.2) is 10.9 Å². The molecule has 2 heterocycles. The molecule has 0 aliphatic rings. The second-order valence-electron chi connectivity index (χ2n) is 7.56. The Morgan fingerprint density at radius 3 is 2.48 bits per heavy atom. The molecule has 164 valence electrons. The molecule has 6 heteroatoms. The Labute approximate surface area is 195 Å². The fraction of sp³-hybridized carbons (Fsp3) is 0.111. The summed E-state index contributed by atoms with van der Waals surface area (Å²) in [7, 11) is 0. The van der Waals surface area contributed by atoms with E-state index in [2.05, 4.69) is 19.1 Å². The van der Waals surface area contributed by atoms with Gasteiger partial charge < -0.3 is 9.15 Å². The minimum absolute atomic E-state index is 0.146. The van der Waals surface area contributed by atoms with E-state index in [1.807, 2.05) is 48.5 Å². The van der Waals surface area contributed by atoms with Crippen LogP contribution in [-0.2, 0) is 13.0 Å². The van der Waals surface area contributed by atoms with Crippen molar-refractivity contribution >= 4 is 32.6 Å². The Balaban J connectivity index is 1.44.